The molecular weight excluding hydrogens is 346 g/mol. The first-order chi connectivity index (χ1) is 11.8. The van der Waals surface area contributed by atoms with Crippen molar-refractivity contribution < 1.29 is 27.6 Å². The highest BCUT2D eigenvalue weighted by Gasteiger charge is 2.29. The number of quaternary nitrogens is 1. The van der Waals surface area contributed by atoms with Gasteiger partial charge in [0.1, 0.15) is 5.75 Å². The smallest absolute Gasteiger partial charge is 0.279 e. The molecule has 1 aromatic rings. The summed E-state index contributed by atoms with van der Waals surface area (Å²) >= 11 is 0. The van der Waals surface area contributed by atoms with E-state index in [1.165, 1.54) is 0 Å². The molecule has 0 aliphatic carbocycles. The number of carbonyl (C=O) groups is 2. The van der Waals surface area contributed by atoms with E-state index in [1.54, 1.807) is 38.4 Å². The first-order valence-electron chi connectivity index (χ1n) is 8.02. The summed E-state index contributed by atoms with van der Waals surface area (Å²) in [4.78, 5) is 24.7. The molecule has 1 heterocycles. The minimum absolute atomic E-state index is 0.00584. The van der Waals surface area contributed by atoms with E-state index in [1.807, 2.05) is 0 Å². The molecule has 2 rings (SSSR count). The first kappa shape index (κ1) is 19.2. The van der Waals surface area contributed by atoms with Gasteiger partial charge in [-0.2, -0.15) is 0 Å². The number of hydrogen-bond acceptors (Lipinski definition) is 5. The van der Waals surface area contributed by atoms with Crippen LogP contribution in [0.3, 0.4) is 0 Å². The SMILES string of the molecule is COc1cccc(NC(=O)C[NH+](C)CC(=O)N[C@H]2CCS(=O)(=O)C2)c1. The standard InChI is InChI=1S/C16H23N3O5S/c1-19(10-16(21)18-13-6-7-25(22,23)11-13)9-15(20)17-12-4-3-5-14(8-12)24-2/h3-5,8,13H,6-7,9-11H2,1-2H3,(H,17,20)(H,18,21)/p+1/t13-/m0/s1. The van der Waals surface area contributed by atoms with E-state index in [9.17, 15) is 18.0 Å². The van der Waals surface area contributed by atoms with Gasteiger partial charge in [-0.3, -0.25) is 9.59 Å². The number of carbonyl (C=O) groups excluding carboxylic acids is 2. The van der Waals surface area contributed by atoms with Crippen molar-refractivity contribution in [3.63, 3.8) is 0 Å². The van der Waals surface area contributed by atoms with Gasteiger partial charge in [0.25, 0.3) is 11.8 Å². The molecule has 1 unspecified atom stereocenters. The van der Waals surface area contributed by atoms with Crippen LogP contribution in [0.15, 0.2) is 24.3 Å². The number of benzene rings is 1. The number of amides is 2. The summed E-state index contributed by atoms with van der Waals surface area (Å²) in [6.45, 7) is 0.218. The maximum Gasteiger partial charge on any atom is 0.279 e. The zero-order valence-corrected chi connectivity index (χ0v) is 15.2. The van der Waals surface area contributed by atoms with Gasteiger partial charge in [-0.15, -0.1) is 0 Å². The van der Waals surface area contributed by atoms with Crippen LogP contribution in [0, 0.1) is 0 Å². The van der Waals surface area contributed by atoms with Crippen molar-refractivity contribution in [1.29, 1.82) is 0 Å². The second-order valence-corrected chi connectivity index (χ2v) is 8.49. The molecule has 1 fully saturated rings. The molecular formula is C16H24N3O5S+. The van der Waals surface area contributed by atoms with Gasteiger partial charge in [-0.1, -0.05) is 6.07 Å². The molecule has 0 spiro atoms. The lowest BCUT2D eigenvalue weighted by Crippen LogP contribution is -3.11. The third-order valence-electron chi connectivity index (χ3n) is 3.88. The number of sulfone groups is 1. The van der Waals surface area contributed by atoms with Crippen LogP contribution in [0.2, 0.25) is 0 Å². The zero-order chi connectivity index (χ0) is 18.4. The fourth-order valence-electron chi connectivity index (χ4n) is 2.70. The third-order valence-corrected chi connectivity index (χ3v) is 5.64. The molecule has 2 atom stereocenters. The van der Waals surface area contributed by atoms with Gasteiger partial charge in [0, 0.05) is 17.8 Å². The predicted molar refractivity (Wildman–Crippen MR) is 93.4 cm³/mol. The average molecular weight is 370 g/mol. The summed E-state index contributed by atoms with van der Waals surface area (Å²) in [7, 11) is 0.256. The molecule has 1 aliphatic heterocycles. The molecule has 8 nitrogen and oxygen atoms in total. The Balaban J connectivity index is 1.76. The fraction of sp³-hybridized carbons (Fsp3) is 0.500. The van der Waals surface area contributed by atoms with Gasteiger partial charge < -0.3 is 20.3 Å². The average Bonchev–Trinajstić information content (AvgIpc) is 2.85. The summed E-state index contributed by atoms with van der Waals surface area (Å²) in [6.07, 6.45) is 0.448. The second kappa shape index (κ2) is 8.30. The molecule has 1 aliphatic rings. The van der Waals surface area contributed by atoms with Crippen molar-refractivity contribution in [3.05, 3.63) is 24.3 Å². The Morgan fingerprint density at radius 1 is 1.28 bits per heavy atom. The van der Waals surface area contributed by atoms with Gasteiger partial charge in [-0.05, 0) is 18.6 Å². The maximum absolute atomic E-state index is 12.0. The third kappa shape index (κ3) is 6.35. The van der Waals surface area contributed by atoms with Gasteiger partial charge in [0.15, 0.2) is 22.9 Å². The van der Waals surface area contributed by atoms with Crippen molar-refractivity contribution >= 4 is 27.3 Å². The molecule has 0 radical (unpaired) electrons. The summed E-state index contributed by atoms with van der Waals surface area (Å²) in [6, 6.07) is 6.69. The van der Waals surface area contributed by atoms with Crippen LogP contribution in [0.25, 0.3) is 0 Å². The highest BCUT2D eigenvalue weighted by atomic mass is 32.2. The Morgan fingerprint density at radius 2 is 2.00 bits per heavy atom. The molecule has 3 N–H and O–H groups in total. The minimum Gasteiger partial charge on any atom is -0.497 e. The Morgan fingerprint density at radius 3 is 2.64 bits per heavy atom. The molecule has 0 bridgehead atoms. The quantitative estimate of drug-likeness (QED) is 0.539. The molecule has 0 aromatic heterocycles. The Labute approximate surface area is 147 Å². The molecule has 1 saturated heterocycles. The Hall–Kier alpha value is -2.13. The molecule has 2 amide bonds. The number of likely N-dealkylation sites (N-methyl/N-ethyl adjacent to an activating group) is 1. The number of hydrogen-bond donors (Lipinski definition) is 3. The Bertz CT molecular complexity index is 735. The first-order valence-corrected chi connectivity index (χ1v) is 9.84. The van der Waals surface area contributed by atoms with Crippen molar-refractivity contribution in [3.8, 4) is 5.75 Å². The van der Waals surface area contributed by atoms with Crippen molar-refractivity contribution in [2.75, 3.05) is 44.1 Å². The zero-order valence-electron chi connectivity index (χ0n) is 14.4. The molecule has 1 aromatic carbocycles. The minimum atomic E-state index is -3.02. The van der Waals surface area contributed by atoms with Crippen LogP contribution < -0.4 is 20.3 Å². The number of nitrogens with one attached hydrogen (secondary N) is 3. The topological polar surface area (TPSA) is 106 Å². The molecule has 9 heteroatoms. The van der Waals surface area contributed by atoms with Crippen molar-refractivity contribution in [2.45, 2.75) is 12.5 Å². The van der Waals surface area contributed by atoms with Crippen LogP contribution in [-0.2, 0) is 19.4 Å². The number of anilines is 1. The maximum atomic E-state index is 12.0. The van der Waals surface area contributed by atoms with E-state index in [2.05, 4.69) is 10.6 Å². The van der Waals surface area contributed by atoms with Gasteiger partial charge >= 0.3 is 0 Å². The van der Waals surface area contributed by atoms with Gasteiger partial charge in [0.05, 0.1) is 25.7 Å². The molecule has 138 valence electrons. The fourth-order valence-corrected chi connectivity index (χ4v) is 4.38. The highest BCUT2D eigenvalue weighted by Crippen LogP contribution is 2.16. The van der Waals surface area contributed by atoms with Crippen LogP contribution in [0.4, 0.5) is 5.69 Å². The number of ether oxygens (including phenoxy) is 1. The molecule has 25 heavy (non-hydrogen) atoms. The summed E-state index contributed by atoms with van der Waals surface area (Å²) < 4.78 is 27.9. The van der Waals surface area contributed by atoms with Gasteiger partial charge in [0.2, 0.25) is 0 Å². The normalized spacial score (nSPS) is 19.8. The molecule has 0 saturated carbocycles. The van der Waals surface area contributed by atoms with E-state index in [0.29, 0.717) is 22.8 Å². The number of methoxy groups -OCH3 is 1. The summed E-state index contributed by atoms with van der Waals surface area (Å²) in [5, 5.41) is 5.47. The predicted octanol–water partition coefficient (Wildman–Crippen LogP) is -1.55. The van der Waals surface area contributed by atoms with Crippen molar-refractivity contribution in [1.82, 2.24) is 5.32 Å². The van der Waals surface area contributed by atoms with E-state index < -0.39 is 9.84 Å². The lowest BCUT2D eigenvalue weighted by Gasteiger charge is -2.16. The van der Waals surface area contributed by atoms with E-state index in [4.69, 9.17) is 4.74 Å². The second-order valence-electron chi connectivity index (χ2n) is 6.26. The van der Waals surface area contributed by atoms with Gasteiger partial charge in [-0.25, -0.2) is 8.42 Å². The number of rotatable bonds is 7. The van der Waals surface area contributed by atoms with Crippen LogP contribution in [0.5, 0.6) is 5.75 Å². The largest absolute Gasteiger partial charge is 0.497 e. The van der Waals surface area contributed by atoms with Crippen LogP contribution >= 0.6 is 0 Å². The Kier molecular flexibility index (Phi) is 6.38. The lowest BCUT2D eigenvalue weighted by molar-refractivity contribution is -0.862. The van der Waals surface area contributed by atoms with Crippen LogP contribution in [0.1, 0.15) is 6.42 Å². The van der Waals surface area contributed by atoms with Crippen molar-refractivity contribution in [2.24, 2.45) is 0 Å². The monoisotopic (exact) mass is 370 g/mol. The van der Waals surface area contributed by atoms with E-state index >= 15 is 0 Å². The summed E-state index contributed by atoms with van der Waals surface area (Å²) in [5.41, 5.74) is 0.623. The van der Waals surface area contributed by atoms with E-state index in [-0.39, 0.29) is 42.5 Å². The lowest BCUT2D eigenvalue weighted by atomic mass is 10.2. The van der Waals surface area contributed by atoms with E-state index in [0.717, 1.165) is 0 Å². The summed E-state index contributed by atoms with van der Waals surface area (Å²) in [5.74, 6) is 0.276. The highest BCUT2D eigenvalue weighted by molar-refractivity contribution is 7.91. The van der Waals surface area contributed by atoms with Crippen LogP contribution in [-0.4, -0.2) is 65.0 Å².